The van der Waals surface area contributed by atoms with E-state index in [1.54, 1.807) is 13.8 Å². The lowest BCUT2D eigenvalue weighted by molar-refractivity contribution is -0.150. The average molecular weight is 925 g/mol. The minimum Gasteiger partial charge on any atom is -0.459 e. The van der Waals surface area contributed by atoms with Crippen molar-refractivity contribution in [1.29, 1.82) is 0 Å². The van der Waals surface area contributed by atoms with E-state index in [9.17, 15) is 33.6 Å². The lowest BCUT2D eigenvalue weighted by Crippen LogP contribution is -2.60. The predicted molar refractivity (Wildman–Crippen MR) is 257 cm³/mol. The van der Waals surface area contributed by atoms with Crippen LogP contribution in [0.2, 0.25) is 0 Å². The first kappa shape index (κ1) is 53.4. The van der Waals surface area contributed by atoms with E-state index < -0.39 is 77.7 Å². The fourth-order valence-electron chi connectivity index (χ4n) is 8.29. The van der Waals surface area contributed by atoms with Gasteiger partial charge in [0.15, 0.2) is 0 Å². The normalized spacial score (nSPS) is 14.2. The summed E-state index contributed by atoms with van der Waals surface area (Å²) in [6.07, 6.45) is 0.644. The lowest BCUT2D eigenvalue weighted by atomic mass is 9.97. The van der Waals surface area contributed by atoms with Gasteiger partial charge in [-0.3, -0.25) is 24.0 Å². The number of nitrogens with one attached hydrogen (secondary N) is 3. The topological polar surface area (TPSA) is 184 Å². The number of carbonyl (C=O) groups excluding carboxylic acids is 7. The molecule has 15 heteroatoms. The van der Waals surface area contributed by atoms with Crippen molar-refractivity contribution < 1.29 is 43.0 Å². The molecule has 0 spiro atoms. The van der Waals surface area contributed by atoms with Gasteiger partial charge in [0.1, 0.15) is 43.4 Å². The van der Waals surface area contributed by atoms with Crippen LogP contribution >= 0.6 is 0 Å². The predicted octanol–water partition coefficient (Wildman–Crippen LogP) is 6.29. The molecule has 0 saturated carbocycles. The fourth-order valence-corrected chi connectivity index (χ4v) is 8.29. The first-order valence-electron chi connectivity index (χ1n) is 23.5. The highest BCUT2D eigenvalue weighted by atomic mass is 16.5. The number of likely N-dealkylation sites (N-methyl/N-ethyl adjacent to an activating group) is 3. The maximum Gasteiger partial charge on any atom is 0.407 e. The highest BCUT2D eigenvalue weighted by Crippen LogP contribution is 2.44. The molecule has 0 fully saturated rings. The van der Waals surface area contributed by atoms with Crippen LogP contribution in [0.1, 0.15) is 104 Å². The molecule has 67 heavy (non-hydrogen) atoms. The number of alkyl carbamates (subject to hydrolysis) is 1. The molecule has 3 aromatic rings. The highest BCUT2D eigenvalue weighted by molar-refractivity contribution is 5.96. The van der Waals surface area contributed by atoms with Crippen LogP contribution in [-0.2, 0) is 44.8 Å². The Bertz CT molecular complexity index is 2130. The molecule has 0 saturated heterocycles. The zero-order chi connectivity index (χ0) is 49.5. The summed E-state index contributed by atoms with van der Waals surface area (Å²) >= 11 is 0. The molecule has 1 aliphatic rings. The summed E-state index contributed by atoms with van der Waals surface area (Å²) in [4.78, 5) is 99.8. The van der Waals surface area contributed by atoms with Gasteiger partial charge in [-0.2, -0.15) is 0 Å². The molecule has 6 amide bonds. The van der Waals surface area contributed by atoms with Crippen LogP contribution in [0.25, 0.3) is 11.1 Å². The number of esters is 1. The van der Waals surface area contributed by atoms with Crippen LogP contribution in [-0.4, -0.2) is 121 Å². The average Bonchev–Trinajstić information content (AvgIpc) is 3.62. The first-order chi connectivity index (χ1) is 31.7. The molecule has 0 unspecified atom stereocenters. The van der Waals surface area contributed by atoms with Crippen LogP contribution in [0.3, 0.4) is 0 Å². The second-order valence-electron chi connectivity index (χ2n) is 18.8. The van der Waals surface area contributed by atoms with E-state index in [4.69, 9.17) is 9.47 Å². The minimum atomic E-state index is -1.07. The van der Waals surface area contributed by atoms with Gasteiger partial charge in [-0.1, -0.05) is 134 Å². The number of hydrogen-bond acceptors (Lipinski definition) is 9. The molecule has 3 aromatic carbocycles. The largest absolute Gasteiger partial charge is 0.459 e. The Kier molecular flexibility index (Phi) is 19.9. The van der Waals surface area contributed by atoms with Crippen LogP contribution in [0.15, 0.2) is 78.9 Å². The van der Waals surface area contributed by atoms with E-state index in [-0.39, 0.29) is 50.4 Å². The SMILES string of the molecule is CCC[C@H](NC(=O)OCC1c2ccccc2-c2ccccc21)C(=O)N(C)CC(=O)N(C)[C@@H](CC(C)C)C(=O)N[C@H](C(=O)N(C)[C@@H](CC(C)C)C(=O)N[C@@H](C)C(=O)OCc1ccccc1)C(C)C. The summed E-state index contributed by atoms with van der Waals surface area (Å²) in [6.45, 7) is 14.3. The van der Waals surface area contributed by atoms with Crippen LogP contribution in [0.4, 0.5) is 4.79 Å². The Hall–Kier alpha value is -6.25. The molecule has 364 valence electrons. The Labute approximate surface area is 396 Å². The molecule has 1 aliphatic carbocycles. The molecule has 0 aromatic heterocycles. The second kappa shape index (κ2) is 25.0. The van der Waals surface area contributed by atoms with Gasteiger partial charge in [0.05, 0.1) is 6.54 Å². The molecule has 4 rings (SSSR count). The molecule has 3 N–H and O–H groups in total. The molecular formula is C52H72N6O9. The summed E-state index contributed by atoms with van der Waals surface area (Å²) in [5.41, 5.74) is 5.10. The summed E-state index contributed by atoms with van der Waals surface area (Å²) in [7, 11) is 4.45. The van der Waals surface area contributed by atoms with Gasteiger partial charge < -0.3 is 40.1 Å². The minimum absolute atomic E-state index is 0.0144. The quantitative estimate of drug-likeness (QED) is 0.0921. The van der Waals surface area contributed by atoms with Crippen molar-refractivity contribution >= 4 is 41.6 Å². The summed E-state index contributed by atoms with van der Waals surface area (Å²) in [5.74, 6) is -3.91. The smallest absolute Gasteiger partial charge is 0.407 e. The maximum atomic E-state index is 14.3. The Morgan fingerprint density at radius 1 is 0.627 bits per heavy atom. The number of carbonyl (C=O) groups is 7. The summed E-state index contributed by atoms with van der Waals surface area (Å²) < 4.78 is 11.1. The van der Waals surface area contributed by atoms with Gasteiger partial charge in [-0.25, -0.2) is 9.59 Å². The zero-order valence-corrected chi connectivity index (χ0v) is 41.2. The molecule has 0 heterocycles. The first-order valence-corrected chi connectivity index (χ1v) is 23.5. The third-order valence-electron chi connectivity index (χ3n) is 12.1. The Morgan fingerprint density at radius 3 is 1.69 bits per heavy atom. The van der Waals surface area contributed by atoms with Crippen molar-refractivity contribution in [3.05, 3.63) is 95.6 Å². The van der Waals surface area contributed by atoms with E-state index in [0.717, 1.165) is 27.8 Å². The van der Waals surface area contributed by atoms with Crippen molar-refractivity contribution in [2.45, 2.75) is 124 Å². The summed E-state index contributed by atoms with van der Waals surface area (Å²) in [6, 6.07) is 20.1. The third-order valence-corrected chi connectivity index (χ3v) is 12.1. The molecule has 15 nitrogen and oxygen atoms in total. The molecule has 5 atom stereocenters. The zero-order valence-electron chi connectivity index (χ0n) is 41.2. The van der Waals surface area contributed by atoms with E-state index in [1.807, 2.05) is 113 Å². The number of hydrogen-bond donors (Lipinski definition) is 3. The highest BCUT2D eigenvalue weighted by Gasteiger charge is 2.38. The van der Waals surface area contributed by atoms with Crippen LogP contribution < -0.4 is 16.0 Å². The van der Waals surface area contributed by atoms with Gasteiger partial charge in [-0.05, 0) is 71.8 Å². The molecular weight excluding hydrogens is 853 g/mol. The van der Waals surface area contributed by atoms with Gasteiger partial charge in [0, 0.05) is 27.1 Å². The molecule has 0 aliphatic heterocycles. The van der Waals surface area contributed by atoms with Gasteiger partial charge in [0.2, 0.25) is 29.5 Å². The van der Waals surface area contributed by atoms with E-state index >= 15 is 0 Å². The molecule has 0 radical (unpaired) electrons. The van der Waals surface area contributed by atoms with Gasteiger partial charge >= 0.3 is 12.1 Å². The number of amides is 6. The second-order valence-corrected chi connectivity index (χ2v) is 18.8. The number of nitrogens with zero attached hydrogens (tertiary/aromatic N) is 3. The number of benzene rings is 3. The number of rotatable bonds is 23. The van der Waals surface area contributed by atoms with Crippen molar-refractivity contribution in [1.82, 2.24) is 30.7 Å². The van der Waals surface area contributed by atoms with Crippen molar-refractivity contribution in [2.24, 2.45) is 17.8 Å². The van der Waals surface area contributed by atoms with E-state index in [0.29, 0.717) is 12.8 Å². The van der Waals surface area contributed by atoms with Crippen LogP contribution in [0.5, 0.6) is 0 Å². The Balaban J connectivity index is 1.39. The third kappa shape index (κ3) is 14.6. The summed E-state index contributed by atoms with van der Waals surface area (Å²) in [5, 5.41) is 8.31. The fraction of sp³-hybridized carbons (Fsp3) is 0.519. The monoisotopic (exact) mass is 925 g/mol. The Morgan fingerprint density at radius 2 is 1.15 bits per heavy atom. The van der Waals surface area contributed by atoms with E-state index in [2.05, 4.69) is 16.0 Å². The van der Waals surface area contributed by atoms with Crippen molar-refractivity contribution in [2.75, 3.05) is 34.3 Å². The molecule has 0 bridgehead atoms. The van der Waals surface area contributed by atoms with Crippen molar-refractivity contribution in [3.8, 4) is 11.1 Å². The van der Waals surface area contributed by atoms with E-state index in [1.165, 1.54) is 42.8 Å². The standard InChI is InChI=1S/C52H72N6O9/c1-12-20-42(54-52(65)67-31-41-39-25-18-16-23-37(39)38-24-17-19-26-40(38)41)49(62)56(9)29-45(59)57(10)43(27-32(2)3)48(61)55-46(34(6)7)50(63)58(11)44(28-33(4)5)47(60)53-35(8)51(64)66-30-36-21-14-13-15-22-36/h13-19,21-26,32-35,41-44,46H,12,20,27-31H2,1-11H3,(H,53,60)(H,54,65)(H,55,61)/t35-,42-,43-,44-,46-/m0/s1. The van der Waals surface area contributed by atoms with Crippen LogP contribution in [0, 0.1) is 17.8 Å². The number of ether oxygens (including phenoxy) is 2. The van der Waals surface area contributed by atoms with Gasteiger partial charge in [0.25, 0.3) is 0 Å². The maximum absolute atomic E-state index is 14.3. The lowest BCUT2D eigenvalue weighted by Gasteiger charge is -2.35. The van der Waals surface area contributed by atoms with Crippen molar-refractivity contribution in [3.63, 3.8) is 0 Å². The number of fused-ring (bicyclic) bond motifs is 3. The van der Waals surface area contributed by atoms with Gasteiger partial charge in [-0.15, -0.1) is 0 Å².